The van der Waals surface area contributed by atoms with Gasteiger partial charge in [0.1, 0.15) is 0 Å². The highest BCUT2D eigenvalue weighted by Crippen LogP contribution is 2.12. The molecule has 0 N–H and O–H groups in total. The third-order valence-electron chi connectivity index (χ3n) is 2.45. The molecule has 0 spiro atoms. The molecule has 0 saturated carbocycles. The monoisotopic (exact) mass is 200 g/mol. The van der Waals surface area contributed by atoms with Crippen molar-refractivity contribution >= 4 is 6.09 Å². The zero-order valence-electron chi connectivity index (χ0n) is 9.16. The number of hydrogen-bond donors (Lipinski definition) is 0. The minimum atomic E-state index is -0.211. The summed E-state index contributed by atoms with van der Waals surface area (Å²) >= 11 is 0. The summed E-state index contributed by atoms with van der Waals surface area (Å²) in [6.45, 7) is 6.91. The molecule has 0 aromatic carbocycles. The van der Waals surface area contributed by atoms with Crippen LogP contribution in [0.2, 0.25) is 0 Å². The lowest BCUT2D eigenvalue weighted by atomic mass is 10.2. The van der Waals surface area contributed by atoms with Crippen LogP contribution in [0.1, 0.15) is 33.1 Å². The Bertz CT molecular complexity index is 179. The molecule has 1 saturated heterocycles. The highest BCUT2D eigenvalue weighted by molar-refractivity contribution is 5.66. The molecular formula is C10H20N2O2. The van der Waals surface area contributed by atoms with Crippen LogP contribution in [0.25, 0.3) is 0 Å². The van der Waals surface area contributed by atoms with Gasteiger partial charge in [-0.15, -0.1) is 0 Å². The minimum Gasteiger partial charge on any atom is -0.449 e. The van der Waals surface area contributed by atoms with Crippen molar-refractivity contribution in [1.82, 2.24) is 10.0 Å². The van der Waals surface area contributed by atoms with Crippen LogP contribution in [0, 0.1) is 0 Å². The van der Waals surface area contributed by atoms with E-state index in [0.29, 0.717) is 13.2 Å². The zero-order chi connectivity index (χ0) is 10.4. The molecule has 0 unspecified atom stereocenters. The Balaban J connectivity index is 2.46. The largest absolute Gasteiger partial charge is 0.449 e. The van der Waals surface area contributed by atoms with Gasteiger partial charge in [-0.1, -0.05) is 6.42 Å². The van der Waals surface area contributed by atoms with E-state index < -0.39 is 0 Å². The van der Waals surface area contributed by atoms with Crippen molar-refractivity contribution in [1.29, 1.82) is 0 Å². The van der Waals surface area contributed by atoms with Gasteiger partial charge in [0.05, 0.1) is 6.61 Å². The van der Waals surface area contributed by atoms with E-state index in [4.69, 9.17) is 4.74 Å². The molecular weight excluding hydrogens is 180 g/mol. The average molecular weight is 200 g/mol. The number of carbonyl (C=O) groups is 1. The second-order valence-electron chi connectivity index (χ2n) is 3.43. The van der Waals surface area contributed by atoms with Crippen LogP contribution >= 0.6 is 0 Å². The molecule has 0 aliphatic carbocycles. The first-order valence-corrected chi connectivity index (χ1v) is 5.48. The smallest absolute Gasteiger partial charge is 0.424 e. The van der Waals surface area contributed by atoms with Crippen LogP contribution in [0.15, 0.2) is 0 Å². The topological polar surface area (TPSA) is 32.8 Å². The first-order valence-electron chi connectivity index (χ1n) is 5.48. The van der Waals surface area contributed by atoms with Crippen LogP contribution in [0.3, 0.4) is 0 Å². The average Bonchev–Trinajstić information content (AvgIpc) is 2.21. The van der Waals surface area contributed by atoms with Crippen LogP contribution in [-0.4, -0.2) is 42.4 Å². The van der Waals surface area contributed by atoms with Crippen LogP contribution in [-0.2, 0) is 4.74 Å². The third kappa shape index (κ3) is 2.87. The van der Waals surface area contributed by atoms with E-state index in [9.17, 15) is 4.79 Å². The van der Waals surface area contributed by atoms with Gasteiger partial charge in [-0.05, 0) is 26.7 Å². The molecule has 0 aromatic rings. The highest BCUT2D eigenvalue weighted by atomic mass is 16.6. The van der Waals surface area contributed by atoms with Gasteiger partial charge in [-0.3, -0.25) is 0 Å². The number of amides is 1. The van der Waals surface area contributed by atoms with Gasteiger partial charge in [0, 0.05) is 19.6 Å². The Kier molecular flexibility index (Phi) is 4.73. The summed E-state index contributed by atoms with van der Waals surface area (Å²) in [6, 6.07) is 0. The predicted molar refractivity (Wildman–Crippen MR) is 54.8 cm³/mol. The fourth-order valence-corrected chi connectivity index (χ4v) is 1.76. The quantitative estimate of drug-likeness (QED) is 0.697. The lowest BCUT2D eigenvalue weighted by Crippen LogP contribution is -2.48. The first-order chi connectivity index (χ1) is 6.79. The fraction of sp³-hybridized carbons (Fsp3) is 0.900. The molecule has 1 amide bonds. The summed E-state index contributed by atoms with van der Waals surface area (Å²) in [6.07, 6.45) is 3.42. The number of ether oxygens (including phenoxy) is 1. The molecule has 0 radical (unpaired) electrons. The molecule has 0 atom stereocenters. The second kappa shape index (κ2) is 5.86. The third-order valence-corrected chi connectivity index (χ3v) is 2.45. The normalized spacial score (nSPS) is 17.9. The second-order valence-corrected chi connectivity index (χ2v) is 3.43. The predicted octanol–water partition coefficient (Wildman–Crippen LogP) is 1.87. The van der Waals surface area contributed by atoms with Crippen LogP contribution in [0.5, 0.6) is 0 Å². The molecule has 4 nitrogen and oxygen atoms in total. The molecule has 1 aliphatic rings. The summed E-state index contributed by atoms with van der Waals surface area (Å²) in [7, 11) is 0. The Morgan fingerprint density at radius 2 is 1.93 bits per heavy atom. The first kappa shape index (κ1) is 11.3. The number of nitrogens with zero attached hydrogens (tertiary/aromatic N) is 2. The zero-order valence-corrected chi connectivity index (χ0v) is 9.16. The van der Waals surface area contributed by atoms with Crippen LogP contribution in [0.4, 0.5) is 4.79 Å². The molecule has 0 bridgehead atoms. The summed E-state index contributed by atoms with van der Waals surface area (Å²) in [5.41, 5.74) is 0. The summed E-state index contributed by atoms with van der Waals surface area (Å²) in [5, 5.41) is 3.81. The maximum atomic E-state index is 11.5. The Morgan fingerprint density at radius 1 is 1.29 bits per heavy atom. The van der Waals surface area contributed by atoms with Gasteiger partial charge in [0.15, 0.2) is 0 Å². The minimum absolute atomic E-state index is 0.211. The maximum absolute atomic E-state index is 11.5. The van der Waals surface area contributed by atoms with Crippen molar-refractivity contribution in [2.24, 2.45) is 0 Å². The van der Waals surface area contributed by atoms with Crippen molar-refractivity contribution in [2.75, 3.05) is 26.2 Å². The van der Waals surface area contributed by atoms with E-state index in [1.807, 2.05) is 13.8 Å². The number of rotatable bonds is 3. The van der Waals surface area contributed by atoms with Crippen LogP contribution < -0.4 is 0 Å². The molecule has 1 aliphatic heterocycles. The number of hydrogen-bond acceptors (Lipinski definition) is 3. The van der Waals surface area contributed by atoms with Crippen molar-refractivity contribution in [3.8, 4) is 0 Å². The number of hydrazine groups is 1. The van der Waals surface area contributed by atoms with Gasteiger partial charge in [-0.2, -0.15) is 0 Å². The van der Waals surface area contributed by atoms with Crippen molar-refractivity contribution < 1.29 is 9.53 Å². The van der Waals surface area contributed by atoms with Crippen molar-refractivity contribution in [2.45, 2.75) is 33.1 Å². The molecule has 82 valence electrons. The fourth-order valence-electron chi connectivity index (χ4n) is 1.76. The van der Waals surface area contributed by atoms with E-state index in [0.717, 1.165) is 13.1 Å². The molecule has 14 heavy (non-hydrogen) atoms. The maximum Gasteiger partial charge on any atom is 0.424 e. The lowest BCUT2D eigenvalue weighted by molar-refractivity contribution is -0.0294. The van der Waals surface area contributed by atoms with E-state index in [-0.39, 0.29) is 6.09 Å². The van der Waals surface area contributed by atoms with Crippen molar-refractivity contribution in [3.05, 3.63) is 0 Å². The van der Waals surface area contributed by atoms with Gasteiger partial charge >= 0.3 is 6.09 Å². The van der Waals surface area contributed by atoms with E-state index >= 15 is 0 Å². The van der Waals surface area contributed by atoms with Gasteiger partial charge < -0.3 is 4.74 Å². The Hall–Kier alpha value is -0.770. The van der Waals surface area contributed by atoms with E-state index in [1.165, 1.54) is 19.3 Å². The summed E-state index contributed by atoms with van der Waals surface area (Å²) in [5.74, 6) is 0. The molecule has 0 aromatic heterocycles. The Morgan fingerprint density at radius 3 is 2.43 bits per heavy atom. The molecule has 4 heteroatoms. The highest BCUT2D eigenvalue weighted by Gasteiger charge is 2.22. The van der Waals surface area contributed by atoms with E-state index in [1.54, 1.807) is 5.01 Å². The lowest BCUT2D eigenvalue weighted by Gasteiger charge is -2.35. The molecule has 1 fully saturated rings. The molecule has 1 rings (SSSR count). The number of carbonyl (C=O) groups excluding carboxylic acids is 1. The standard InChI is InChI=1S/C10H20N2O2/c1-3-12(10(13)14-4-2)11-8-6-5-7-9-11/h3-9H2,1-2H3. The number of piperidine rings is 1. The summed E-state index contributed by atoms with van der Waals surface area (Å²) in [4.78, 5) is 11.5. The Labute approximate surface area is 85.8 Å². The SMILES string of the molecule is CCOC(=O)N(CC)N1CCCCC1. The van der Waals surface area contributed by atoms with Gasteiger partial charge in [-0.25, -0.2) is 14.8 Å². The summed E-state index contributed by atoms with van der Waals surface area (Å²) < 4.78 is 4.99. The van der Waals surface area contributed by atoms with Crippen molar-refractivity contribution in [3.63, 3.8) is 0 Å². The molecule has 1 heterocycles. The van der Waals surface area contributed by atoms with E-state index in [2.05, 4.69) is 5.01 Å². The van der Waals surface area contributed by atoms with Gasteiger partial charge in [0.25, 0.3) is 0 Å². The van der Waals surface area contributed by atoms with Gasteiger partial charge in [0.2, 0.25) is 0 Å².